The van der Waals surface area contributed by atoms with Gasteiger partial charge in [0.2, 0.25) is 0 Å². The number of nitrogens with zero attached hydrogens (tertiary/aromatic N) is 1. The van der Waals surface area contributed by atoms with Crippen molar-refractivity contribution >= 4 is 5.69 Å². The molecule has 3 rings (SSSR count). The lowest BCUT2D eigenvalue weighted by molar-refractivity contribution is 0.145. The van der Waals surface area contributed by atoms with E-state index in [1.54, 1.807) is 0 Å². The van der Waals surface area contributed by atoms with E-state index in [4.69, 9.17) is 0 Å². The number of aliphatic hydroxyl groups excluding tert-OH is 1. The molecular weight excluding hydrogens is 246 g/mol. The monoisotopic (exact) mass is 267 g/mol. The van der Waals surface area contributed by atoms with E-state index in [0.717, 1.165) is 32.4 Å². The average molecular weight is 267 g/mol. The van der Waals surface area contributed by atoms with Gasteiger partial charge in [-0.1, -0.05) is 42.5 Å². The Labute approximate surface area is 120 Å². The third-order valence-corrected chi connectivity index (χ3v) is 4.02. The van der Waals surface area contributed by atoms with Crippen LogP contribution in [0, 0.1) is 0 Å². The number of aliphatic hydroxyl groups is 1. The molecule has 1 aliphatic heterocycles. The van der Waals surface area contributed by atoms with Crippen LogP contribution in [0.2, 0.25) is 0 Å². The first-order valence-electron chi connectivity index (χ1n) is 7.37. The molecule has 0 bridgehead atoms. The minimum atomic E-state index is -0.108. The lowest BCUT2D eigenvalue weighted by Crippen LogP contribution is -2.35. The number of benzene rings is 2. The van der Waals surface area contributed by atoms with Gasteiger partial charge in [0.15, 0.2) is 0 Å². The van der Waals surface area contributed by atoms with Gasteiger partial charge >= 0.3 is 0 Å². The summed E-state index contributed by atoms with van der Waals surface area (Å²) in [7, 11) is 0. The Hall–Kier alpha value is -1.80. The first kappa shape index (κ1) is 13.2. The summed E-state index contributed by atoms with van der Waals surface area (Å²) >= 11 is 0. The van der Waals surface area contributed by atoms with Crippen molar-refractivity contribution in [1.29, 1.82) is 0 Å². The van der Waals surface area contributed by atoms with Gasteiger partial charge in [-0.05, 0) is 42.5 Å². The Morgan fingerprint density at radius 2 is 1.45 bits per heavy atom. The summed E-state index contributed by atoms with van der Waals surface area (Å²) in [5.41, 5.74) is 3.96. The Bertz CT molecular complexity index is 527. The van der Waals surface area contributed by atoms with Crippen LogP contribution in [-0.4, -0.2) is 24.3 Å². The van der Waals surface area contributed by atoms with Crippen LogP contribution in [0.4, 0.5) is 5.69 Å². The summed E-state index contributed by atoms with van der Waals surface area (Å²) < 4.78 is 0. The number of piperidine rings is 1. The Morgan fingerprint density at radius 1 is 0.850 bits per heavy atom. The van der Waals surface area contributed by atoms with Crippen molar-refractivity contribution in [2.24, 2.45) is 0 Å². The van der Waals surface area contributed by atoms with E-state index in [1.807, 2.05) is 0 Å². The molecule has 2 heteroatoms. The van der Waals surface area contributed by atoms with Crippen LogP contribution in [0.5, 0.6) is 0 Å². The van der Waals surface area contributed by atoms with E-state index in [1.165, 1.54) is 16.8 Å². The molecule has 0 radical (unpaired) electrons. The Balaban J connectivity index is 1.65. The maximum absolute atomic E-state index is 9.56. The van der Waals surface area contributed by atoms with Crippen LogP contribution in [-0.2, 0) is 6.42 Å². The van der Waals surface area contributed by atoms with Crippen molar-refractivity contribution in [3.8, 4) is 0 Å². The summed E-state index contributed by atoms with van der Waals surface area (Å²) in [6, 6.07) is 19.4. The van der Waals surface area contributed by atoms with Gasteiger partial charge in [-0.2, -0.15) is 0 Å². The zero-order valence-electron chi connectivity index (χ0n) is 11.7. The molecule has 0 aliphatic carbocycles. The van der Waals surface area contributed by atoms with Crippen molar-refractivity contribution in [3.63, 3.8) is 0 Å². The summed E-state index contributed by atoms with van der Waals surface area (Å²) in [6.45, 7) is 1.92. The fraction of sp³-hybridized carbons (Fsp3) is 0.333. The van der Waals surface area contributed by atoms with E-state index in [9.17, 15) is 5.11 Å². The second-order valence-corrected chi connectivity index (χ2v) is 5.55. The van der Waals surface area contributed by atoms with Crippen LogP contribution in [0.1, 0.15) is 24.0 Å². The average Bonchev–Trinajstić information content (AvgIpc) is 2.50. The van der Waals surface area contributed by atoms with Gasteiger partial charge in [0.25, 0.3) is 0 Å². The van der Waals surface area contributed by atoms with Gasteiger partial charge < -0.3 is 10.0 Å². The fourth-order valence-electron chi connectivity index (χ4n) is 2.78. The van der Waals surface area contributed by atoms with Gasteiger partial charge in [0.05, 0.1) is 6.10 Å². The Kier molecular flexibility index (Phi) is 4.03. The number of anilines is 1. The highest BCUT2D eigenvalue weighted by Gasteiger charge is 2.16. The second kappa shape index (κ2) is 6.10. The number of hydrogen-bond donors (Lipinski definition) is 1. The Morgan fingerprint density at radius 3 is 2.10 bits per heavy atom. The molecule has 0 saturated carbocycles. The number of hydrogen-bond acceptors (Lipinski definition) is 2. The molecule has 1 fully saturated rings. The molecular formula is C18H21NO. The van der Waals surface area contributed by atoms with E-state index in [0.29, 0.717) is 0 Å². The highest BCUT2D eigenvalue weighted by atomic mass is 16.3. The molecule has 20 heavy (non-hydrogen) atoms. The lowest BCUT2D eigenvalue weighted by Gasteiger charge is -2.31. The van der Waals surface area contributed by atoms with Crippen molar-refractivity contribution in [1.82, 2.24) is 0 Å². The van der Waals surface area contributed by atoms with Crippen LogP contribution < -0.4 is 4.90 Å². The van der Waals surface area contributed by atoms with Crippen LogP contribution in [0.25, 0.3) is 0 Å². The van der Waals surface area contributed by atoms with Crippen molar-refractivity contribution < 1.29 is 5.11 Å². The van der Waals surface area contributed by atoms with Gasteiger partial charge in [0, 0.05) is 18.8 Å². The van der Waals surface area contributed by atoms with Gasteiger partial charge in [-0.15, -0.1) is 0 Å². The summed E-state index contributed by atoms with van der Waals surface area (Å²) in [6.07, 6.45) is 2.64. The molecule has 0 aromatic heterocycles. The van der Waals surface area contributed by atoms with Crippen LogP contribution >= 0.6 is 0 Å². The van der Waals surface area contributed by atoms with Gasteiger partial charge in [0.1, 0.15) is 0 Å². The van der Waals surface area contributed by atoms with E-state index in [-0.39, 0.29) is 6.10 Å². The maximum atomic E-state index is 9.56. The largest absolute Gasteiger partial charge is 0.393 e. The first-order valence-corrected chi connectivity index (χ1v) is 7.37. The van der Waals surface area contributed by atoms with E-state index < -0.39 is 0 Å². The second-order valence-electron chi connectivity index (χ2n) is 5.55. The molecule has 2 nitrogen and oxygen atoms in total. The molecule has 0 unspecified atom stereocenters. The first-order chi connectivity index (χ1) is 9.81. The lowest BCUT2D eigenvalue weighted by atomic mass is 10.0. The van der Waals surface area contributed by atoms with Crippen molar-refractivity contribution in [2.45, 2.75) is 25.4 Å². The normalized spacial score (nSPS) is 16.4. The SMILES string of the molecule is OC1CCN(c2ccc(Cc3ccccc3)cc2)CC1. The van der Waals surface area contributed by atoms with Crippen LogP contribution in [0.3, 0.4) is 0 Å². The quantitative estimate of drug-likeness (QED) is 0.923. The highest BCUT2D eigenvalue weighted by molar-refractivity contribution is 5.48. The summed E-state index contributed by atoms with van der Waals surface area (Å²) in [5, 5.41) is 9.56. The van der Waals surface area contributed by atoms with E-state index in [2.05, 4.69) is 59.5 Å². The van der Waals surface area contributed by atoms with Crippen LogP contribution in [0.15, 0.2) is 54.6 Å². The molecule has 0 atom stereocenters. The summed E-state index contributed by atoms with van der Waals surface area (Å²) in [5.74, 6) is 0. The molecule has 2 aromatic rings. The molecule has 1 N–H and O–H groups in total. The topological polar surface area (TPSA) is 23.5 Å². The maximum Gasteiger partial charge on any atom is 0.0574 e. The van der Waals surface area contributed by atoms with Crippen molar-refractivity contribution in [3.05, 3.63) is 65.7 Å². The smallest absolute Gasteiger partial charge is 0.0574 e. The molecule has 1 aliphatic rings. The molecule has 104 valence electrons. The molecule has 0 amide bonds. The summed E-state index contributed by atoms with van der Waals surface area (Å²) in [4.78, 5) is 2.36. The predicted octanol–water partition coefficient (Wildman–Crippen LogP) is 3.24. The predicted molar refractivity (Wildman–Crippen MR) is 83.1 cm³/mol. The highest BCUT2D eigenvalue weighted by Crippen LogP contribution is 2.21. The minimum Gasteiger partial charge on any atom is -0.393 e. The van der Waals surface area contributed by atoms with Gasteiger partial charge in [-0.25, -0.2) is 0 Å². The zero-order chi connectivity index (χ0) is 13.8. The molecule has 0 spiro atoms. The third-order valence-electron chi connectivity index (χ3n) is 4.02. The zero-order valence-corrected chi connectivity index (χ0v) is 11.7. The minimum absolute atomic E-state index is 0.108. The van der Waals surface area contributed by atoms with Crippen molar-refractivity contribution in [2.75, 3.05) is 18.0 Å². The standard InChI is InChI=1S/C18H21NO/c20-18-10-12-19(13-11-18)17-8-6-16(7-9-17)14-15-4-2-1-3-5-15/h1-9,18,20H,10-14H2. The molecule has 1 saturated heterocycles. The molecule has 2 aromatic carbocycles. The number of rotatable bonds is 3. The molecule has 1 heterocycles. The van der Waals surface area contributed by atoms with E-state index >= 15 is 0 Å². The third kappa shape index (κ3) is 3.20. The van der Waals surface area contributed by atoms with Gasteiger partial charge in [-0.3, -0.25) is 0 Å². The fourth-order valence-corrected chi connectivity index (χ4v) is 2.78.